The monoisotopic (exact) mass is 140 g/mol. The Hall–Kier alpha value is -1.19. The maximum atomic E-state index is 5.51. The second kappa shape index (κ2) is 2.21. The average Bonchev–Trinajstić information content (AvgIpc) is 2.10. The number of imidazole rings is 1. The summed E-state index contributed by atoms with van der Waals surface area (Å²) in [6, 6.07) is 0.324. The minimum absolute atomic E-state index is 0.324. The lowest BCUT2D eigenvalue weighted by atomic mass is 10.4. The summed E-state index contributed by atoms with van der Waals surface area (Å²) in [7, 11) is 0. The molecule has 0 aliphatic heterocycles. The number of nitrogens with zero attached hydrogens (tertiary/aromatic N) is 2. The molecule has 1 heterocycles. The van der Waals surface area contributed by atoms with Crippen LogP contribution in [-0.2, 0) is 0 Å². The number of nitrogen functional groups attached to an aromatic ring is 2. The van der Waals surface area contributed by atoms with E-state index in [2.05, 4.69) is 4.98 Å². The molecule has 1 aromatic rings. The predicted octanol–water partition coefficient (Wildman–Crippen LogP) is 0.628. The van der Waals surface area contributed by atoms with Gasteiger partial charge in [0.2, 0.25) is 5.95 Å². The number of hydrogen-bond donors (Lipinski definition) is 2. The first kappa shape index (κ1) is 6.92. The van der Waals surface area contributed by atoms with Crippen LogP contribution in [0.15, 0.2) is 6.20 Å². The first-order chi connectivity index (χ1) is 4.61. The van der Waals surface area contributed by atoms with Gasteiger partial charge in [-0.25, -0.2) is 0 Å². The Morgan fingerprint density at radius 3 is 2.30 bits per heavy atom. The molecule has 1 rings (SSSR count). The summed E-state index contributed by atoms with van der Waals surface area (Å²) in [4.78, 5) is 3.85. The Morgan fingerprint density at radius 1 is 1.50 bits per heavy atom. The highest BCUT2D eigenvalue weighted by atomic mass is 15.2. The first-order valence-electron chi connectivity index (χ1n) is 3.21. The molecule has 0 radical (unpaired) electrons. The summed E-state index contributed by atoms with van der Waals surface area (Å²) in [5.74, 6) is 0.957. The van der Waals surface area contributed by atoms with Crippen molar-refractivity contribution in [2.75, 3.05) is 11.5 Å². The Kier molecular flexibility index (Phi) is 1.53. The minimum atomic E-state index is 0.324. The van der Waals surface area contributed by atoms with E-state index < -0.39 is 0 Å². The van der Waals surface area contributed by atoms with Crippen LogP contribution < -0.4 is 11.5 Å². The minimum Gasteiger partial charge on any atom is -0.382 e. The van der Waals surface area contributed by atoms with Crippen molar-refractivity contribution in [3.05, 3.63) is 6.20 Å². The fourth-order valence-electron chi connectivity index (χ4n) is 0.841. The molecular weight excluding hydrogens is 128 g/mol. The van der Waals surface area contributed by atoms with Gasteiger partial charge in [0.25, 0.3) is 0 Å². The molecule has 0 atom stereocenters. The van der Waals surface area contributed by atoms with Crippen LogP contribution in [0.1, 0.15) is 19.9 Å². The number of nitrogens with two attached hydrogens (primary N) is 2. The predicted molar refractivity (Wildman–Crippen MR) is 41.4 cm³/mol. The molecule has 4 heteroatoms. The van der Waals surface area contributed by atoms with Gasteiger partial charge in [-0.15, -0.1) is 0 Å². The second-order valence-corrected chi connectivity index (χ2v) is 2.52. The lowest BCUT2D eigenvalue weighted by molar-refractivity contribution is 0.609. The normalized spacial score (nSPS) is 10.7. The van der Waals surface area contributed by atoms with Crippen molar-refractivity contribution in [2.24, 2.45) is 0 Å². The van der Waals surface area contributed by atoms with Gasteiger partial charge in [-0.2, -0.15) is 4.98 Å². The van der Waals surface area contributed by atoms with Gasteiger partial charge in [-0.1, -0.05) is 0 Å². The molecule has 0 spiro atoms. The zero-order valence-corrected chi connectivity index (χ0v) is 6.20. The summed E-state index contributed by atoms with van der Waals surface area (Å²) in [5, 5.41) is 0. The molecule has 0 unspecified atom stereocenters. The van der Waals surface area contributed by atoms with Crippen LogP contribution in [0.5, 0.6) is 0 Å². The smallest absolute Gasteiger partial charge is 0.202 e. The first-order valence-corrected chi connectivity index (χ1v) is 3.21. The van der Waals surface area contributed by atoms with E-state index in [0.29, 0.717) is 17.8 Å². The summed E-state index contributed by atoms with van der Waals surface area (Å²) in [6.07, 6.45) is 1.74. The molecule has 4 nitrogen and oxygen atoms in total. The second-order valence-electron chi connectivity index (χ2n) is 2.52. The highest BCUT2D eigenvalue weighted by Gasteiger charge is 2.03. The maximum Gasteiger partial charge on any atom is 0.202 e. The molecule has 56 valence electrons. The third kappa shape index (κ3) is 1.05. The Balaban J connectivity index is 3.03. The van der Waals surface area contributed by atoms with Crippen LogP contribution in [0.25, 0.3) is 0 Å². The fraction of sp³-hybridized carbons (Fsp3) is 0.500. The van der Waals surface area contributed by atoms with Crippen LogP contribution in [0.3, 0.4) is 0 Å². The summed E-state index contributed by atoms with van der Waals surface area (Å²) < 4.78 is 1.83. The van der Waals surface area contributed by atoms with E-state index in [1.165, 1.54) is 0 Å². The van der Waals surface area contributed by atoms with Gasteiger partial charge in [0.15, 0.2) is 0 Å². The molecule has 0 saturated heterocycles. The summed E-state index contributed by atoms with van der Waals surface area (Å²) >= 11 is 0. The number of rotatable bonds is 1. The van der Waals surface area contributed by atoms with Gasteiger partial charge in [-0.05, 0) is 13.8 Å². The van der Waals surface area contributed by atoms with Gasteiger partial charge in [0.1, 0.15) is 5.82 Å². The Morgan fingerprint density at radius 2 is 2.10 bits per heavy atom. The molecule has 0 amide bonds. The third-order valence-corrected chi connectivity index (χ3v) is 1.34. The molecule has 0 aromatic carbocycles. The van der Waals surface area contributed by atoms with Gasteiger partial charge in [0.05, 0.1) is 0 Å². The average molecular weight is 140 g/mol. The van der Waals surface area contributed by atoms with Crippen molar-refractivity contribution < 1.29 is 0 Å². The van der Waals surface area contributed by atoms with E-state index in [0.717, 1.165) is 0 Å². The summed E-state index contributed by atoms with van der Waals surface area (Å²) in [5.41, 5.74) is 10.9. The van der Waals surface area contributed by atoms with Crippen molar-refractivity contribution in [3.8, 4) is 0 Å². The topological polar surface area (TPSA) is 69.9 Å². The lowest BCUT2D eigenvalue weighted by Gasteiger charge is -2.06. The Bertz CT molecular complexity index is 226. The largest absolute Gasteiger partial charge is 0.382 e. The van der Waals surface area contributed by atoms with E-state index in [4.69, 9.17) is 11.5 Å². The molecule has 1 aromatic heterocycles. The number of hydrogen-bond acceptors (Lipinski definition) is 3. The van der Waals surface area contributed by atoms with Crippen molar-refractivity contribution in [1.82, 2.24) is 9.55 Å². The molecule has 10 heavy (non-hydrogen) atoms. The molecule has 0 fully saturated rings. The summed E-state index contributed by atoms with van der Waals surface area (Å²) in [6.45, 7) is 4.05. The number of aromatic nitrogens is 2. The van der Waals surface area contributed by atoms with E-state index in [1.807, 2.05) is 18.4 Å². The molecule has 4 N–H and O–H groups in total. The van der Waals surface area contributed by atoms with E-state index >= 15 is 0 Å². The van der Waals surface area contributed by atoms with Crippen LogP contribution in [0.2, 0.25) is 0 Å². The zero-order valence-electron chi connectivity index (χ0n) is 6.20. The van der Waals surface area contributed by atoms with E-state index in [9.17, 15) is 0 Å². The van der Waals surface area contributed by atoms with E-state index in [-0.39, 0.29) is 0 Å². The molecule has 0 bridgehead atoms. The van der Waals surface area contributed by atoms with Gasteiger partial charge in [0, 0.05) is 12.2 Å². The third-order valence-electron chi connectivity index (χ3n) is 1.34. The van der Waals surface area contributed by atoms with Crippen LogP contribution in [0.4, 0.5) is 11.8 Å². The molecule has 0 saturated carbocycles. The van der Waals surface area contributed by atoms with Crippen LogP contribution >= 0.6 is 0 Å². The molecular formula is C6H12N4. The highest BCUT2D eigenvalue weighted by molar-refractivity contribution is 5.35. The van der Waals surface area contributed by atoms with Crippen molar-refractivity contribution >= 4 is 11.8 Å². The van der Waals surface area contributed by atoms with Gasteiger partial charge in [-0.3, -0.25) is 0 Å². The molecule has 0 aliphatic rings. The lowest BCUT2D eigenvalue weighted by Crippen LogP contribution is -2.03. The van der Waals surface area contributed by atoms with Crippen LogP contribution in [0, 0.1) is 0 Å². The van der Waals surface area contributed by atoms with Crippen molar-refractivity contribution in [2.45, 2.75) is 19.9 Å². The Labute approximate surface area is 59.8 Å². The van der Waals surface area contributed by atoms with Crippen molar-refractivity contribution in [3.63, 3.8) is 0 Å². The molecule has 0 aliphatic carbocycles. The highest BCUT2D eigenvalue weighted by Crippen LogP contribution is 2.12. The van der Waals surface area contributed by atoms with E-state index in [1.54, 1.807) is 6.20 Å². The standard InChI is InChI=1S/C6H12N4/c1-4(2)10-3-5(7)9-6(10)8/h3-4H,7H2,1-2H3,(H2,8,9). The van der Waals surface area contributed by atoms with Gasteiger partial charge < -0.3 is 16.0 Å². The van der Waals surface area contributed by atoms with Crippen LogP contribution in [-0.4, -0.2) is 9.55 Å². The van der Waals surface area contributed by atoms with Gasteiger partial charge >= 0.3 is 0 Å². The SMILES string of the molecule is CC(C)n1cc(N)nc1N. The van der Waals surface area contributed by atoms with Crippen molar-refractivity contribution in [1.29, 1.82) is 0 Å². The maximum absolute atomic E-state index is 5.51. The quantitative estimate of drug-likeness (QED) is 0.601. The number of anilines is 2. The zero-order chi connectivity index (χ0) is 7.72. The fourth-order valence-corrected chi connectivity index (χ4v) is 0.841.